The number of aliphatic carboxylic acids is 1. The fraction of sp³-hybridized carbons (Fsp3) is 0.364. The maximum Gasteiger partial charge on any atom is 0.407 e. The Balaban J connectivity index is 1.23. The molecule has 8 nitrogen and oxygen atoms in total. The number of carboxylic acid groups (broad SMARTS) is 1. The second-order valence-electron chi connectivity index (χ2n) is 11.2. The highest BCUT2D eigenvalue weighted by molar-refractivity contribution is 5.86. The number of likely N-dealkylation sites (N-methyl/N-ethyl adjacent to an activating group) is 1. The molecule has 1 fully saturated rings. The van der Waals surface area contributed by atoms with Gasteiger partial charge in [-0.05, 0) is 60.0 Å². The van der Waals surface area contributed by atoms with E-state index < -0.39 is 18.1 Å². The van der Waals surface area contributed by atoms with Crippen LogP contribution < -0.4 is 10.6 Å². The van der Waals surface area contributed by atoms with Gasteiger partial charge < -0.3 is 20.5 Å². The van der Waals surface area contributed by atoms with Gasteiger partial charge in [-0.3, -0.25) is 14.5 Å². The van der Waals surface area contributed by atoms with E-state index >= 15 is 0 Å². The van der Waals surface area contributed by atoms with Crippen LogP contribution in [0, 0.1) is 5.92 Å². The van der Waals surface area contributed by atoms with Crippen LogP contribution in [-0.4, -0.2) is 60.3 Å². The molecule has 0 saturated heterocycles. The van der Waals surface area contributed by atoms with Crippen molar-refractivity contribution < 1.29 is 24.2 Å². The molecule has 5 rings (SSSR count). The SMILES string of the molecule is CN(Cc1ccccc1)CC(NC(=O)OCC1c2ccccc2-c2ccccc21)C(=O)N[C@@H]1CC[C@H](CC(=O)O)C1. The molecular formula is C33H37N3O5. The molecule has 8 heteroatoms. The van der Waals surface area contributed by atoms with E-state index in [9.17, 15) is 14.4 Å². The number of nitrogens with zero attached hydrogens (tertiary/aromatic N) is 1. The lowest BCUT2D eigenvalue weighted by Gasteiger charge is -2.26. The zero-order chi connectivity index (χ0) is 28.8. The molecular weight excluding hydrogens is 518 g/mol. The van der Waals surface area contributed by atoms with Gasteiger partial charge in [0.15, 0.2) is 0 Å². The molecule has 0 radical (unpaired) electrons. The Morgan fingerprint density at radius 2 is 1.56 bits per heavy atom. The van der Waals surface area contributed by atoms with Gasteiger partial charge in [-0.25, -0.2) is 4.79 Å². The van der Waals surface area contributed by atoms with Crippen molar-refractivity contribution >= 4 is 18.0 Å². The average molecular weight is 556 g/mol. The van der Waals surface area contributed by atoms with Crippen LogP contribution in [0.15, 0.2) is 78.9 Å². The molecule has 2 aliphatic carbocycles. The van der Waals surface area contributed by atoms with E-state index in [0.29, 0.717) is 13.0 Å². The highest BCUT2D eigenvalue weighted by Crippen LogP contribution is 2.44. The highest BCUT2D eigenvalue weighted by Gasteiger charge is 2.32. The Bertz CT molecular complexity index is 1330. The van der Waals surface area contributed by atoms with Gasteiger partial charge in [-0.1, -0.05) is 78.9 Å². The fourth-order valence-electron chi connectivity index (χ4n) is 6.19. The number of hydrogen-bond donors (Lipinski definition) is 3. The quantitative estimate of drug-likeness (QED) is 0.314. The third-order valence-corrected chi connectivity index (χ3v) is 8.09. The Hall–Kier alpha value is -4.17. The smallest absolute Gasteiger partial charge is 0.407 e. The highest BCUT2D eigenvalue weighted by atomic mass is 16.5. The summed E-state index contributed by atoms with van der Waals surface area (Å²) in [6.07, 6.45) is 1.57. The van der Waals surface area contributed by atoms with Gasteiger partial charge in [0.25, 0.3) is 0 Å². The molecule has 41 heavy (non-hydrogen) atoms. The summed E-state index contributed by atoms with van der Waals surface area (Å²) in [6, 6.07) is 25.3. The van der Waals surface area contributed by atoms with Crippen molar-refractivity contribution in [2.24, 2.45) is 5.92 Å². The lowest BCUT2D eigenvalue weighted by atomic mass is 9.98. The van der Waals surface area contributed by atoms with Crippen LogP contribution in [0.25, 0.3) is 11.1 Å². The molecule has 1 unspecified atom stereocenters. The number of fused-ring (bicyclic) bond motifs is 3. The Labute approximate surface area is 240 Å². The first-order chi connectivity index (χ1) is 19.9. The van der Waals surface area contributed by atoms with Crippen molar-refractivity contribution in [3.8, 4) is 11.1 Å². The first kappa shape index (κ1) is 28.4. The van der Waals surface area contributed by atoms with Crippen LogP contribution in [0.3, 0.4) is 0 Å². The minimum atomic E-state index is -0.835. The van der Waals surface area contributed by atoms with Crippen LogP contribution in [0.2, 0.25) is 0 Å². The molecule has 0 aromatic heterocycles. The summed E-state index contributed by atoms with van der Waals surface area (Å²) in [5, 5.41) is 15.0. The minimum Gasteiger partial charge on any atom is -0.481 e. The van der Waals surface area contributed by atoms with Crippen LogP contribution in [0.4, 0.5) is 4.79 Å². The van der Waals surface area contributed by atoms with Crippen molar-refractivity contribution in [3.63, 3.8) is 0 Å². The van der Waals surface area contributed by atoms with Crippen LogP contribution in [-0.2, 0) is 20.9 Å². The average Bonchev–Trinajstić information content (AvgIpc) is 3.53. The van der Waals surface area contributed by atoms with Crippen molar-refractivity contribution in [2.75, 3.05) is 20.2 Å². The maximum atomic E-state index is 13.4. The van der Waals surface area contributed by atoms with E-state index in [0.717, 1.165) is 40.7 Å². The summed E-state index contributed by atoms with van der Waals surface area (Å²) in [5.41, 5.74) is 5.64. The van der Waals surface area contributed by atoms with E-state index in [-0.39, 0.29) is 43.4 Å². The van der Waals surface area contributed by atoms with Crippen molar-refractivity contribution in [3.05, 3.63) is 95.6 Å². The van der Waals surface area contributed by atoms with Gasteiger partial charge in [0, 0.05) is 31.5 Å². The van der Waals surface area contributed by atoms with Gasteiger partial charge >= 0.3 is 12.1 Å². The summed E-state index contributed by atoms with van der Waals surface area (Å²) in [7, 11) is 1.91. The summed E-state index contributed by atoms with van der Waals surface area (Å²) in [5.74, 6) is -1.14. The third-order valence-electron chi connectivity index (χ3n) is 8.09. The number of nitrogens with one attached hydrogen (secondary N) is 2. The number of ether oxygens (including phenoxy) is 1. The number of carboxylic acids is 1. The van der Waals surface area contributed by atoms with Gasteiger partial charge in [0.05, 0.1) is 0 Å². The molecule has 0 spiro atoms. The van der Waals surface area contributed by atoms with E-state index in [1.54, 1.807) is 0 Å². The Morgan fingerprint density at radius 3 is 2.22 bits per heavy atom. The largest absolute Gasteiger partial charge is 0.481 e. The lowest BCUT2D eigenvalue weighted by molar-refractivity contribution is -0.138. The molecule has 3 atom stereocenters. The fourth-order valence-corrected chi connectivity index (χ4v) is 6.19. The first-order valence-corrected chi connectivity index (χ1v) is 14.2. The zero-order valence-electron chi connectivity index (χ0n) is 23.3. The number of benzene rings is 3. The molecule has 1 saturated carbocycles. The molecule has 3 aromatic carbocycles. The maximum absolute atomic E-state index is 13.4. The molecule has 214 valence electrons. The number of alkyl carbamates (subject to hydrolysis) is 1. The van der Waals surface area contributed by atoms with E-state index in [2.05, 4.69) is 34.9 Å². The number of amides is 2. The normalized spacial score (nSPS) is 18.4. The molecule has 3 N–H and O–H groups in total. The number of hydrogen-bond acceptors (Lipinski definition) is 5. The predicted molar refractivity (Wildman–Crippen MR) is 156 cm³/mol. The van der Waals surface area contributed by atoms with Crippen LogP contribution in [0.5, 0.6) is 0 Å². The number of rotatable bonds is 11. The number of carbonyl (C=O) groups excluding carboxylic acids is 2. The monoisotopic (exact) mass is 555 g/mol. The zero-order valence-corrected chi connectivity index (χ0v) is 23.3. The van der Waals surface area contributed by atoms with Gasteiger partial charge in [-0.15, -0.1) is 0 Å². The van der Waals surface area contributed by atoms with E-state index in [1.165, 1.54) is 0 Å². The summed E-state index contributed by atoms with van der Waals surface area (Å²) >= 11 is 0. The first-order valence-electron chi connectivity index (χ1n) is 14.2. The molecule has 0 bridgehead atoms. The topological polar surface area (TPSA) is 108 Å². The Kier molecular flexibility index (Phi) is 8.99. The summed E-state index contributed by atoms with van der Waals surface area (Å²) < 4.78 is 5.74. The summed E-state index contributed by atoms with van der Waals surface area (Å²) in [6.45, 7) is 1.06. The van der Waals surface area contributed by atoms with Crippen molar-refractivity contribution in [1.29, 1.82) is 0 Å². The van der Waals surface area contributed by atoms with Gasteiger partial charge in [0.1, 0.15) is 12.6 Å². The molecule has 0 heterocycles. The third kappa shape index (κ3) is 7.13. The van der Waals surface area contributed by atoms with E-state index in [4.69, 9.17) is 9.84 Å². The van der Waals surface area contributed by atoms with Crippen molar-refractivity contribution in [2.45, 2.75) is 50.2 Å². The van der Waals surface area contributed by atoms with Gasteiger partial charge in [0.2, 0.25) is 5.91 Å². The van der Waals surface area contributed by atoms with Gasteiger partial charge in [-0.2, -0.15) is 0 Å². The second-order valence-corrected chi connectivity index (χ2v) is 11.2. The summed E-state index contributed by atoms with van der Waals surface area (Å²) in [4.78, 5) is 39.6. The number of carbonyl (C=O) groups is 3. The lowest BCUT2D eigenvalue weighted by Crippen LogP contribution is -2.53. The molecule has 2 amide bonds. The van der Waals surface area contributed by atoms with Crippen LogP contribution in [0.1, 0.15) is 48.3 Å². The van der Waals surface area contributed by atoms with Crippen molar-refractivity contribution in [1.82, 2.24) is 15.5 Å². The molecule has 2 aliphatic rings. The standard InChI is InChI=1S/C33H37N3O5/c1-36(19-22-9-3-2-4-10-22)20-30(32(39)34-24-16-15-23(17-24)18-31(37)38)35-33(40)41-21-29-27-13-7-5-11-25(27)26-12-6-8-14-28(26)29/h2-14,23-24,29-30H,15-21H2,1H3,(H,34,39)(H,35,40)(H,37,38)/t23-,24+,30?/m0/s1. The molecule has 0 aliphatic heterocycles. The van der Waals surface area contributed by atoms with E-state index in [1.807, 2.05) is 66.5 Å². The van der Waals surface area contributed by atoms with Crippen LogP contribution >= 0.6 is 0 Å². The molecule has 3 aromatic rings. The minimum absolute atomic E-state index is 0.0482. The second kappa shape index (κ2) is 13.0. The Morgan fingerprint density at radius 1 is 0.927 bits per heavy atom. The predicted octanol–water partition coefficient (Wildman–Crippen LogP) is 4.79.